The second-order valence-corrected chi connectivity index (χ2v) is 9.35. The van der Waals surface area contributed by atoms with E-state index in [1.165, 1.54) is 0 Å². The number of piperazine rings is 1. The van der Waals surface area contributed by atoms with Crippen molar-refractivity contribution in [2.75, 3.05) is 44.7 Å². The molecule has 1 aliphatic rings. The second kappa shape index (κ2) is 9.87. The van der Waals surface area contributed by atoms with Gasteiger partial charge in [-0.15, -0.1) is 0 Å². The normalized spacial score (nSPS) is 14.8. The molecule has 1 aliphatic heterocycles. The number of hydrogen-bond acceptors (Lipinski definition) is 6. The van der Waals surface area contributed by atoms with Crippen LogP contribution in [0.2, 0.25) is 5.02 Å². The SMILES string of the molecule is CCc1nc(C)c2c(=O)n(CCCN3CCN(c4ccccc4Cl)CC3)c3ccc(OC)nc3n12. The molecular formula is C26H31ClN6O2. The van der Waals surface area contributed by atoms with E-state index in [0.29, 0.717) is 30.0 Å². The van der Waals surface area contributed by atoms with Gasteiger partial charge in [-0.05, 0) is 38.1 Å². The topological polar surface area (TPSA) is 67.9 Å². The molecule has 8 nitrogen and oxygen atoms in total. The molecule has 184 valence electrons. The van der Waals surface area contributed by atoms with Crippen molar-refractivity contribution in [2.45, 2.75) is 33.2 Å². The predicted octanol–water partition coefficient (Wildman–Crippen LogP) is 3.79. The molecule has 0 unspecified atom stereocenters. The monoisotopic (exact) mass is 494 g/mol. The van der Waals surface area contributed by atoms with E-state index >= 15 is 0 Å². The van der Waals surface area contributed by atoms with Gasteiger partial charge in [-0.25, -0.2) is 4.98 Å². The smallest absolute Gasteiger partial charge is 0.277 e. The van der Waals surface area contributed by atoms with Crippen molar-refractivity contribution in [3.05, 3.63) is 63.3 Å². The van der Waals surface area contributed by atoms with E-state index in [0.717, 1.165) is 66.9 Å². The number of ether oxygens (including phenoxy) is 1. The first-order valence-corrected chi connectivity index (χ1v) is 12.6. The summed E-state index contributed by atoms with van der Waals surface area (Å²) in [6.45, 7) is 9.31. The second-order valence-electron chi connectivity index (χ2n) is 8.94. The van der Waals surface area contributed by atoms with E-state index in [-0.39, 0.29) is 5.56 Å². The molecule has 0 bridgehead atoms. The van der Waals surface area contributed by atoms with Crippen LogP contribution in [0, 0.1) is 6.92 Å². The Morgan fingerprint density at radius 1 is 1.03 bits per heavy atom. The van der Waals surface area contributed by atoms with Crippen molar-refractivity contribution in [2.24, 2.45) is 0 Å². The first-order chi connectivity index (χ1) is 17.0. The first-order valence-electron chi connectivity index (χ1n) is 12.2. The van der Waals surface area contributed by atoms with Gasteiger partial charge in [0.05, 0.1) is 29.0 Å². The van der Waals surface area contributed by atoms with Gasteiger partial charge in [0.1, 0.15) is 11.3 Å². The standard InChI is InChI=1S/C26H31ClN6O2/c1-4-22-28-18(2)24-26(34)32(21-10-11-23(35-3)29-25(21)33(22)24)13-7-12-30-14-16-31(17-15-30)20-9-6-5-8-19(20)27/h5-6,8-11H,4,7,12-17H2,1-3H3. The first kappa shape index (κ1) is 23.6. The lowest BCUT2D eigenvalue weighted by molar-refractivity contribution is 0.250. The molecule has 1 saturated heterocycles. The zero-order chi connectivity index (χ0) is 24.5. The molecule has 0 radical (unpaired) electrons. The van der Waals surface area contributed by atoms with E-state index in [9.17, 15) is 4.79 Å². The summed E-state index contributed by atoms with van der Waals surface area (Å²) in [7, 11) is 1.60. The Balaban J connectivity index is 1.35. The Morgan fingerprint density at radius 3 is 2.51 bits per heavy atom. The Bertz CT molecular complexity index is 1420. The molecule has 0 spiro atoms. The molecule has 5 rings (SSSR count). The zero-order valence-corrected chi connectivity index (χ0v) is 21.3. The molecule has 0 atom stereocenters. The molecule has 0 aliphatic carbocycles. The summed E-state index contributed by atoms with van der Waals surface area (Å²) in [5.74, 6) is 1.36. The number of methoxy groups -OCH3 is 1. The van der Waals surface area contributed by atoms with E-state index in [4.69, 9.17) is 21.3 Å². The highest BCUT2D eigenvalue weighted by molar-refractivity contribution is 6.33. The minimum absolute atomic E-state index is 0.0160. The molecule has 1 fully saturated rings. The van der Waals surface area contributed by atoms with Crippen molar-refractivity contribution in [1.29, 1.82) is 0 Å². The number of nitrogens with zero attached hydrogens (tertiary/aromatic N) is 6. The van der Waals surface area contributed by atoms with Gasteiger partial charge in [-0.3, -0.25) is 14.1 Å². The maximum atomic E-state index is 13.6. The summed E-state index contributed by atoms with van der Waals surface area (Å²) < 4.78 is 9.13. The third-order valence-corrected chi connectivity index (χ3v) is 7.17. The van der Waals surface area contributed by atoms with Crippen LogP contribution < -0.4 is 15.2 Å². The number of aryl methyl sites for hydroxylation is 3. The molecule has 3 aromatic heterocycles. The van der Waals surface area contributed by atoms with Gasteiger partial charge >= 0.3 is 0 Å². The Hall–Kier alpha value is -3.10. The van der Waals surface area contributed by atoms with Crippen LogP contribution in [-0.2, 0) is 13.0 Å². The van der Waals surface area contributed by atoms with Gasteiger partial charge < -0.3 is 14.2 Å². The van der Waals surface area contributed by atoms with E-state index in [1.807, 2.05) is 53.1 Å². The fourth-order valence-electron chi connectivity index (χ4n) is 5.05. The number of aromatic nitrogens is 4. The highest BCUT2D eigenvalue weighted by Crippen LogP contribution is 2.26. The Kier molecular flexibility index (Phi) is 6.67. The number of para-hydroxylation sites is 1. The Morgan fingerprint density at radius 2 is 1.80 bits per heavy atom. The third kappa shape index (κ3) is 4.36. The van der Waals surface area contributed by atoms with Crippen LogP contribution in [0.25, 0.3) is 16.7 Å². The van der Waals surface area contributed by atoms with Gasteiger partial charge in [0.2, 0.25) is 5.88 Å². The highest BCUT2D eigenvalue weighted by atomic mass is 35.5. The zero-order valence-electron chi connectivity index (χ0n) is 20.5. The van der Waals surface area contributed by atoms with Gasteiger partial charge in [-0.2, -0.15) is 4.98 Å². The van der Waals surface area contributed by atoms with Crippen LogP contribution in [0.1, 0.15) is 24.9 Å². The molecule has 0 amide bonds. The number of halogens is 1. The molecule has 0 saturated carbocycles. The minimum Gasteiger partial charge on any atom is -0.481 e. The predicted molar refractivity (Wildman–Crippen MR) is 140 cm³/mol. The van der Waals surface area contributed by atoms with Crippen molar-refractivity contribution in [3.63, 3.8) is 0 Å². The summed E-state index contributed by atoms with van der Waals surface area (Å²) in [6, 6.07) is 11.8. The van der Waals surface area contributed by atoms with E-state index < -0.39 is 0 Å². The third-order valence-electron chi connectivity index (χ3n) is 6.85. The largest absolute Gasteiger partial charge is 0.481 e. The van der Waals surface area contributed by atoms with Crippen LogP contribution in [-0.4, -0.2) is 63.7 Å². The quantitative estimate of drug-likeness (QED) is 0.389. The summed E-state index contributed by atoms with van der Waals surface area (Å²) >= 11 is 6.38. The van der Waals surface area contributed by atoms with E-state index in [2.05, 4.69) is 20.9 Å². The number of anilines is 1. The Labute approximate surface area is 209 Å². The fourth-order valence-corrected chi connectivity index (χ4v) is 5.30. The minimum atomic E-state index is -0.0160. The molecule has 4 aromatic rings. The van der Waals surface area contributed by atoms with Crippen molar-refractivity contribution in [3.8, 4) is 5.88 Å². The van der Waals surface area contributed by atoms with Crippen molar-refractivity contribution >= 4 is 34.0 Å². The number of pyridine rings is 1. The highest BCUT2D eigenvalue weighted by Gasteiger charge is 2.21. The van der Waals surface area contributed by atoms with Crippen molar-refractivity contribution < 1.29 is 4.74 Å². The van der Waals surface area contributed by atoms with Crippen LogP contribution in [0.15, 0.2) is 41.2 Å². The number of hydrogen-bond donors (Lipinski definition) is 0. The maximum Gasteiger partial charge on any atom is 0.277 e. The molecule has 35 heavy (non-hydrogen) atoms. The van der Waals surface area contributed by atoms with Crippen LogP contribution in [0.3, 0.4) is 0 Å². The van der Waals surface area contributed by atoms with Gasteiger partial charge in [0.25, 0.3) is 5.56 Å². The maximum absolute atomic E-state index is 13.6. The van der Waals surface area contributed by atoms with Crippen LogP contribution in [0.5, 0.6) is 5.88 Å². The molecular weight excluding hydrogens is 464 g/mol. The average Bonchev–Trinajstić information content (AvgIpc) is 3.23. The number of imidazole rings is 1. The lowest BCUT2D eigenvalue weighted by Crippen LogP contribution is -2.47. The summed E-state index contributed by atoms with van der Waals surface area (Å²) in [6.07, 6.45) is 1.59. The van der Waals surface area contributed by atoms with Crippen LogP contribution in [0.4, 0.5) is 5.69 Å². The lowest BCUT2D eigenvalue weighted by Gasteiger charge is -2.36. The van der Waals surface area contributed by atoms with Gasteiger partial charge in [0.15, 0.2) is 5.65 Å². The molecule has 1 aromatic carbocycles. The van der Waals surface area contributed by atoms with Gasteiger partial charge in [-0.1, -0.05) is 30.7 Å². The van der Waals surface area contributed by atoms with Crippen molar-refractivity contribution in [1.82, 2.24) is 23.8 Å². The van der Waals surface area contributed by atoms with Crippen LogP contribution >= 0.6 is 11.6 Å². The summed E-state index contributed by atoms with van der Waals surface area (Å²) in [5.41, 5.74) is 3.94. The number of benzene rings is 1. The molecule has 0 N–H and O–H groups in total. The lowest BCUT2D eigenvalue weighted by atomic mass is 10.2. The van der Waals surface area contributed by atoms with Gasteiger partial charge in [0, 0.05) is 45.2 Å². The van der Waals surface area contributed by atoms with E-state index in [1.54, 1.807) is 7.11 Å². The molecule has 4 heterocycles. The summed E-state index contributed by atoms with van der Waals surface area (Å²) in [5, 5.41) is 0.800. The average molecular weight is 495 g/mol. The summed E-state index contributed by atoms with van der Waals surface area (Å²) in [4.78, 5) is 27.7. The molecule has 9 heteroatoms. The number of rotatable bonds is 7. The fraction of sp³-hybridized carbons (Fsp3) is 0.423. The number of fused-ring (bicyclic) bond motifs is 3.